The fraction of sp³-hybridized carbons (Fsp3) is 1.00. The van der Waals surface area contributed by atoms with Gasteiger partial charge in [-0.3, -0.25) is 0 Å². The summed E-state index contributed by atoms with van der Waals surface area (Å²) in [5.74, 6) is 0.693. The minimum Gasteiger partial charge on any atom is -0.306 e. The van der Waals surface area contributed by atoms with Crippen molar-refractivity contribution in [2.24, 2.45) is 0 Å². The highest BCUT2D eigenvalue weighted by molar-refractivity contribution is 6.39. The molecule has 13 heavy (non-hydrogen) atoms. The molecular formula is C10H24N2Si. The summed E-state index contributed by atoms with van der Waals surface area (Å²) in [6, 6.07) is 0. The highest BCUT2D eigenvalue weighted by Gasteiger charge is 2.19. The molecule has 0 aromatic carbocycles. The molecule has 0 amide bonds. The lowest BCUT2D eigenvalue weighted by molar-refractivity contribution is 0.551. The topological polar surface area (TPSA) is 24.1 Å². The molecule has 0 saturated heterocycles. The van der Waals surface area contributed by atoms with Crippen molar-refractivity contribution in [1.29, 1.82) is 0 Å². The van der Waals surface area contributed by atoms with Gasteiger partial charge >= 0.3 is 0 Å². The van der Waals surface area contributed by atoms with E-state index in [-0.39, 0.29) is 9.52 Å². The van der Waals surface area contributed by atoms with E-state index in [9.17, 15) is 0 Å². The molecule has 0 radical (unpaired) electrons. The van der Waals surface area contributed by atoms with Gasteiger partial charge in [0.2, 0.25) is 0 Å². The van der Waals surface area contributed by atoms with Gasteiger partial charge in [-0.05, 0) is 18.6 Å². The van der Waals surface area contributed by atoms with E-state index < -0.39 is 0 Å². The van der Waals surface area contributed by atoms with E-state index in [1.807, 2.05) is 0 Å². The largest absolute Gasteiger partial charge is 0.306 e. The van der Waals surface area contributed by atoms with Crippen LogP contribution in [0.4, 0.5) is 0 Å². The van der Waals surface area contributed by atoms with Crippen LogP contribution in [0.5, 0.6) is 0 Å². The maximum absolute atomic E-state index is 3.56. The lowest BCUT2D eigenvalue weighted by atomic mass is 10.4. The highest BCUT2D eigenvalue weighted by Crippen LogP contribution is 2.29. The second-order valence-corrected chi connectivity index (χ2v) is 6.50. The smallest absolute Gasteiger partial charge is 0.0617 e. The molecule has 3 heteroatoms. The van der Waals surface area contributed by atoms with Crippen LogP contribution in [0.3, 0.4) is 0 Å². The molecule has 0 bridgehead atoms. The molecule has 2 N–H and O–H groups in total. The standard InChI is InChI=1S/C10H24N2Si/c1-3-11-10(12-4-2)13-9-7-5-6-8-9/h9-12H,3-8,13H2,1-2H3. The molecule has 0 atom stereocenters. The Morgan fingerprint density at radius 3 is 2.15 bits per heavy atom. The van der Waals surface area contributed by atoms with E-state index >= 15 is 0 Å². The summed E-state index contributed by atoms with van der Waals surface area (Å²) in [6.45, 7) is 6.62. The van der Waals surface area contributed by atoms with Gasteiger partial charge in [-0.1, -0.05) is 39.5 Å². The van der Waals surface area contributed by atoms with Crippen molar-refractivity contribution in [2.45, 2.75) is 50.9 Å². The summed E-state index contributed by atoms with van der Waals surface area (Å²) in [5, 5.41) is 7.12. The summed E-state index contributed by atoms with van der Waals surface area (Å²) in [6.07, 6.45) is 6.00. The third-order valence-electron chi connectivity index (χ3n) is 2.94. The van der Waals surface area contributed by atoms with Gasteiger partial charge in [-0.25, -0.2) is 0 Å². The number of hydrogen-bond acceptors (Lipinski definition) is 2. The van der Waals surface area contributed by atoms with E-state index in [0.717, 1.165) is 18.6 Å². The normalized spacial score (nSPS) is 19.6. The Hall–Kier alpha value is 0.137. The Balaban J connectivity index is 2.19. The Labute approximate surface area is 84.7 Å². The third-order valence-corrected chi connectivity index (χ3v) is 5.48. The van der Waals surface area contributed by atoms with Gasteiger partial charge in [-0.15, -0.1) is 0 Å². The van der Waals surface area contributed by atoms with Gasteiger partial charge in [0, 0.05) is 5.79 Å². The maximum atomic E-state index is 3.56. The molecule has 1 rings (SSSR count). The van der Waals surface area contributed by atoms with Crippen LogP contribution in [0, 0.1) is 0 Å². The van der Waals surface area contributed by atoms with Crippen LogP contribution in [0.25, 0.3) is 0 Å². The first-order valence-electron chi connectivity index (χ1n) is 5.83. The molecule has 0 aromatic heterocycles. The van der Waals surface area contributed by atoms with Crippen LogP contribution in [0.1, 0.15) is 39.5 Å². The van der Waals surface area contributed by atoms with Crippen LogP contribution in [-0.4, -0.2) is 28.4 Å². The lowest BCUT2D eigenvalue weighted by Crippen LogP contribution is -2.47. The van der Waals surface area contributed by atoms with Crippen molar-refractivity contribution in [3.05, 3.63) is 0 Å². The summed E-state index contributed by atoms with van der Waals surface area (Å²) < 4.78 is 0. The third kappa shape index (κ3) is 4.25. The molecule has 0 aliphatic heterocycles. The minimum absolute atomic E-state index is 0.0575. The quantitative estimate of drug-likeness (QED) is 0.494. The number of hydrogen-bond donors (Lipinski definition) is 2. The van der Waals surface area contributed by atoms with Gasteiger partial charge in [0.15, 0.2) is 0 Å². The Morgan fingerprint density at radius 2 is 1.69 bits per heavy atom. The van der Waals surface area contributed by atoms with E-state index in [4.69, 9.17) is 0 Å². The molecule has 1 saturated carbocycles. The molecule has 1 aliphatic rings. The SMILES string of the molecule is CCNC(NCC)[SiH2]C1CCCC1. The maximum Gasteiger partial charge on any atom is 0.0617 e. The highest BCUT2D eigenvalue weighted by atomic mass is 28.2. The molecule has 0 unspecified atom stereocenters. The van der Waals surface area contributed by atoms with Gasteiger partial charge in [0.25, 0.3) is 0 Å². The molecule has 0 spiro atoms. The zero-order chi connectivity index (χ0) is 9.52. The van der Waals surface area contributed by atoms with Gasteiger partial charge in [-0.2, -0.15) is 0 Å². The minimum atomic E-state index is 0.0575. The van der Waals surface area contributed by atoms with Crippen molar-refractivity contribution in [3.8, 4) is 0 Å². The van der Waals surface area contributed by atoms with E-state index in [1.165, 1.54) is 25.7 Å². The molecule has 0 aromatic rings. The van der Waals surface area contributed by atoms with Crippen LogP contribution < -0.4 is 10.6 Å². The Bertz CT molecular complexity index is 118. The van der Waals surface area contributed by atoms with Crippen molar-refractivity contribution < 1.29 is 0 Å². The number of nitrogens with one attached hydrogen (secondary N) is 2. The molecule has 1 fully saturated rings. The predicted octanol–water partition coefficient (Wildman–Crippen LogP) is 1.02. The van der Waals surface area contributed by atoms with Crippen LogP contribution in [-0.2, 0) is 0 Å². The average molecular weight is 200 g/mol. The molecule has 0 heterocycles. The Kier molecular flexibility index (Phi) is 5.67. The summed E-state index contributed by atoms with van der Waals surface area (Å²) in [4.78, 5) is 0. The van der Waals surface area contributed by atoms with Crippen molar-refractivity contribution in [2.75, 3.05) is 13.1 Å². The van der Waals surface area contributed by atoms with Crippen molar-refractivity contribution in [3.63, 3.8) is 0 Å². The fourth-order valence-corrected chi connectivity index (χ4v) is 4.94. The zero-order valence-electron chi connectivity index (χ0n) is 9.10. The first-order valence-corrected chi connectivity index (χ1v) is 7.46. The fourth-order valence-electron chi connectivity index (χ4n) is 2.31. The zero-order valence-corrected chi connectivity index (χ0v) is 10.5. The van der Waals surface area contributed by atoms with Crippen LogP contribution in [0.2, 0.25) is 5.54 Å². The molecular weight excluding hydrogens is 176 g/mol. The number of rotatable bonds is 6. The molecule has 1 aliphatic carbocycles. The predicted molar refractivity (Wildman–Crippen MR) is 61.9 cm³/mol. The van der Waals surface area contributed by atoms with Crippen molar-refractivity contribution in [1.82, 2.24) is 10.6 Å². The van der Waals surface area contributed by atoms with Crippen molar-refractivity contribution >= 4 is 9.52 Å². The van der Waals surface area contributed by atoms with Gasteiger partial charge in [0.05, 0.1) is 9.52 Å². The van der Waals surface area contributed by atoms with Crippen LogP contribution in [0.15, 0.2) is 0 Å². The monoisotopic (exact) mass is 200 g/mol. The van der Waals surface area contributed by atoms with Crippen LogP contribution >= 0.6 is 0 Å². The summed E-state index contributed by atoms with van der Waals surface area (Å²) >= 11 is 0. The van der Waals surface area contributed by atoms with E-state index in [1.54, 1.807) is 0 Å². The first kappa shape index (κ1) is 11.2. The first-order chi connectivity index (χ1) is 6.36. The van der Waals surface area contributed by atoms with E-state index in [2.05, 4.69) is 24.5 Å². The summed E-state index contributed by atoms with van der Waals surface area (Å²) in [7, 11) is 0.0575. The van der Waals surface area contributed by atoms with E-state index in [0.29, 0.717) is 5.79 Å². The average Bonchev–Trinajstić information content (AvgIpc) is 2.58. The van der Waals surface area contributed by atoms with Gasteiger partial charge < -0.3 is 10.6 Å². The Morgan fingerprint density at radius 1 is 1.15 bits per heavy atom. The lowest BCUT2D eigenvalue weighted by Gasteiger charge is -2.21. The summed E-state index contributed by atoms with van der Waals surface area (Å²) in [5.41, 5.74) is 1.11. The second-order valence-electron chi connectivity index (χ2n) is 4.05. The molecule has 2 nitrogen and oxygen atoms in total. The second kappa shape index (κ2) is 6.57. The van der Waals surface area contributed by atoms with Gasteiger partial charge in [0.1, 0.15) is 0 Å². The molecule has 78 valence electrons.